The number of amides is 5. The number of aromatic hydroxyl groups is 1. The van der Waals surface area contributed by atoms with Crippen LogP contribution in [0.2, 0.25) is 0 Å². The lowest BCUT2D eigenvalue weighted by Gasteiger charge is -2.28. The van der Waals surface area contributed by atoms with Gasteiger partial charge in [0.2, 0.25) is 29.5 Å². The quantitative estimate of drug-likeness (QED) is 0.0765. The fraction of sp³-hybridized carbons (Fsp3) is 0.529. The van der Waals surface area contributed by atoms with E-state index >= 15 is 0 Å². The van der Waals surface area contributed by atoms with Crippen molar-refractivity contribution in [3.05, 3.63) is 48.0 Å². The van der Waals surface area contributed by atoms with Gasteiger partial charge in [0.05, 0.1) is 12.4 Å². The number of phenols is 1. The van der Waals surface area contributed by atoms with E-state index in [0.29, 0.717) is 11.3 Å². The lowest BCUT2D eigenvalue weighted by Crippen LogP contribution is -2.60. The van der Waals surface area contributed by atoms with Gasteiger partial charge in [-0.15, -0.1) is 0 Å². The molecule has 286 valence electrons. The number of aliphatic carboxylic acids is 2. The van der Waals surface area contributed by atoms with E-state index in [9.17, 15) is 48.9 Å². The Balaban J connectivity index is 2.14. The number of nitrogens with two attached hydrogens (primary N) is 1. The zero-order valence-electron chi connectivity index (χ0n) is 29.8. The second-order valence-corrected chi connectivity index (χ2v) is 13.3. The number of nitrogens with one attached hydrogen (secondary N) is 6. The van der Waals surface area contributed by atoms with Gasteiger partial charge in [-0.2, -0.15) is 0 Å². The average molecular weight is 731 g/mol. The number of hydrogen-bond donors (Lipinski definition) is 10. The molecule has 0 bridgehead atoms. The third kappa shape index (κ3) is 14.4. The number of nitrogens with zero attached hydrogens (tertiary/aromatic N) is 1. The maximum atomic E-state index is 13.5. The number of imidazole rings is 1. The molecule has 0 saturated heterocycles. The van der Waals surface area contributed by atoms with E-state index in [4.69, 9.17) is 5.73 Å². The first-order valence-electron chi connectivity index (χ1n) is 16.8. The fourth-order valence-corrected chi connectivity index (χ4v) is 5.04. The molecule has 0 unspecified atom stereocenters. The van der Waals surface area contributed by atoms with E-state index in [-0.39, 0.29) is 37.4 Å². The number of carboxylic acids is 2. The van der Waals surface area contributed by atoms with Crippen molar-refractivity contribution < 1.29 is 48.9 Å². The fourth-order valence-electron chi connectivity index (χ4n) is 5.04. The summed E-state index contributed by atoms with van der Waals surface area (Å²) in [4.78, 5) is 96.1. The number of carboxylic acid groups (broad SMARTS) is 2. The highest BCUT2D eigenvalue weighted by molar-refractivity contribution is 5.96. The standard InChI is InChI=1S/C34H50N8O10/c1-17(2)12-25(40-30(47)23(35)14-21-15-36-16-37-21)32(49)42-28(18(3)4)33(50)39-24(10-11-27(44)45)31(48)38-19(5)29(46)41-26(34(51)52)13-20-6-8-22(43)9-7-20/h6-9,15-19,23-26,28,43H,10-14,35H2,1-5H3,(H,36,37)(H,38,48)(H,39,50)(H,40,47)(H,41,46)(H,42,49)(H,44,45)(H,51,52)/t19-,23-,24-,25-,26-,28-/m0/s1. The topological polar surface area (TPSA) is 295 Å². The van der Waals surface area contributed by atoms with E-state index < -0.39 is 90.1 Å². The number of carbonyl (C=O) groups is 7. The minimum Gasteiger partial charge on any atom is -0.508 e. The highest BCUT2D eigenvalue weighted by atomic mass is 16.4. The zero-order valence-corrected chi connectivity index (χ0v) is 29.8. The van der Waals surface area contributed by atoms with Crippen LogP contribution in [-0.2, 0) is 46.4 Å². The molecule has 0 saturated carbocycles. The molecular weight excluding hydrogens is 680 g/mol. The highest BCUT2D eigenvalue weighted by Gasteiger charge is 2.33. The monoisotopic (exact) mass is 730 g/mol. The van der Waals surface area contributed by atoms with E-state index in [2.05, 4.69) is 36.6 Å². The summed E-state index contributed by atoms with van der Waals surface area (Å²) in [5, 5.41) is 40.9. The highest BCUT2D eigenvalue weighted by Crippen LogP contribution is 2.13. The predicted octanol–water partition coefficient (Wildman–Crippen LogP) is -0.677. The van der Waals surface area contributed by atoms with Crippen LogP contribution < -0.4 is 32.3 Å². The molecule has 1 aromatic carbocycles. The van der Waals surface area contributed by atoms with Crippen LogP contribution >= 0.6 is 0 Å². The van der Waals surface area contributed by atoms with Gasteiger partial charge in [0.1, 0.15) is 36.0 Å². The van der Waals surface area contributed by atoms with Crippen molar-refractivity contribution in [3.8, 4) is 5.75 Å². The Bertz CT molecular complexity index is 1530. The Labute approximate surface area is 301 Å². The van der Waals surface area contributed by atoms with Gasteiger partial charge in [-0.3, -0.25) is 28.8 Å². The van der Waals surface area contributed by atoms with Gasteiger partial charge in [-0.25, -0.2) is 9.78 Å². The third-order valence-electron chi connectivity index (χ3n) is 7.94. The first kappa shape index (κ1) is 42.6. The van der Waals surface area contributed by atoms with Crippen molar-refractivity contribution in [1.82, 2.24) is 36.6 Å². The Kier molecular flexibility index (Phi) is 16.7. The molecule has 2 rings (SSSR count). The van der Waals surface area contributed by atoms with Crippen molar-refractivity contribution in [2.45, 2.75) is 103 Å². The largest absolute Gasteiger partial charge is 0.508 e. The van der Waals surface area contributed by atoms with Crippen LogP contribution in [0.1, 0.15) is 65.1 Å². The van der Waals surface area contributed by atoms with Gasteiger partial charge in [0.15, 0.2) is 0 Å². The average Bonchev–Trinajstić information content (AvgIpc) is 3.57. The number of aromatic nitrogens is 2. The number of rotatable bonds is 21. The SMILES string of the molecule is CC(C)C[C@H](NC(=O)[C@@H](N)Cc1cnc[nH]1)C(=O)N[C@H](C(=O)N[C@@H](CCC(=O)O)C(=O)N[C@@H](C)C(=O)N[C@@H](Cc1ccc(O)cc1)C(=O)O)C(C)C. The number of benzene rings is 1. The molecule has 11 N–H and O–H groups in total. The summed E-state index contributed by atoms with van der Waals surface area (Å²) in [6.45, 7) is 8.24. The molecule has 5 amide bonds. The van der Waals surface area contributed by atoms with Crippen LogP contribution in [0.15, 0.2) is 36.8 Å². The molecule has 2 aromatic rings. The first-order chi connectivity index (χ1) is 24.4. The molecule has 0 radical (unpaired) electrons. The number of carbonyl (C=O) groups excluding carboxylic acids is 5. The molecule has 52 heavy (non-hydrogen) atoms. The number of hydrogen-bond acceptors (Lipinski definition) is 10. The maximum absolute atomic E-state index is 13.5. The van der Waals surface area contributed by atoms with Crippen LogP contribution in [-0.4, -0.2) is 103 Å². The molecule has 0 aliphatic rings. The third-order valence-corrected chi connectivity index (χ3v) is 7.94. The van der Waals surface area contributed by atoms with E-state index in [1.807, 2.05) is 13.8 Å². The summed E-state index contributed by atoms with van der Waals surface area (Å²) < 4.78 is 0. The molecule has 1 heterocycles. The van der Waals surface area contributed by atoms with Crippen LogP contribution in [0.3, 0.4) is 0 Å². The van der Waals surface area contributed by atoms with Crippen molar-refractivity contribution in [2.24, 2.45) is 17.6 Å². The van der Waals surface area contributed by atoms with Crippen LogP contribution in [0.25, 0.3) is 0 Å². The van der Waals surface area contributed by atoms with E-state index in [1.165, 1.54) is 43.7 Å². The summed E-state index contributed by atoms with van der Waals surface area (Å²) in [5.74, 6) is -7.10. The van der Waals surface area contributed by atoms with Gasteiger partial charge in [-0.1, -0.05) is 39.8 Å². The van der Waals surface area contributed by atoms with Crippen molar-refractivity contribution in [3.63, 3.8) is 0 Å². The van der Waals surface area contributed by atoms with Crippen LogP contribution in [0.4, 0.5) is 0 Å². The Morgan fingerprint density at radius 3 is 1.88 bits per heavy atom. The molecule has 6 atom stereocenters. The Morgan fingerprint density at radius 1 is 0.750 bits per heavy atom. The van der Waals surface area contributed by atoms with Crippen molar-refractivity contribution in [2.75, 3.05) is 0 Å². The molecule has 18 heteroatoms. The van der Waals surface area contributed by atoms with Gasteiger partial charge in [0.25, 0.3) is 0 Å². The summed E-state index contributed by atoms with van der Waals surface area (Å²) in [6.07, 6.45) is 2.28. The first-order valence-corrected chi connectivity index (χ1v) is 16.8. The van der Waals surface area contributed by atoms with Gasteiger partial charge in [0, 0.05) is 31.2 Å². The molecule has 0 aliphatic heterocycles. The molecule has 0 aliphatic carbocycles. The summed E-state index contributed by atoms with van der Waals surface area (Å²) in [5.41, 5.74) is 7.18. The van der Waals surface area contributed by atoms with Crippen LogP contribution in [0, 0.1) is 11.8 Å². The zero-order chi connectivity index (χ0) is 39.1. The Hall–Kier alpha value is -5.52. The second-order valence-electron chi connectivity index (χ2n) is 13.3. The molecular formula is C34H50N8O10. The lowest BCUT2D eigenvalue weighted by molar-refractivity contribution is -0.142. The summed E-state index contributed by atoms with van der Waals surface area (Å²) in [7, 11) is 0. The molecule has 1 aromatic heterocycles. The normalized spacial score (nSPS) is 14.6. The van der Waals surface area contributed by atoms with Gasteiger partial charge >= 0.3 is 11.9 Å². The van der Waals surface area contributed by atoms with Crippen molar-refractivity contribution >= 4 is 41.5 Å². The van der Waals surface area contributed by atoms with Gasteiger partial charge in [-0.05, 0) is 49.3 Å². The lowest BCUT2D eigenvalue weighted by atomic mass is 9.99. The molecule has 0 fully saturated rings. The minimum absolute atomic E-state index is 0.0234. The number of H-pyrrole nitrogens is 1. The van der Waals surface area contributed by atoms with E-state index in [0.717, 1.165) is 0 Å². The summed E-state index contributed by atoms with van der Waals surface area (Å²) in [6, 6.07) is -1.73. The summed E-state index contributed by atoms with van der Waals surface area (Å²) >= 11 is 0. The smallest absolute Gasteiger partial charge is 0.326 e. The van der Waals surface area contributed by atoms with Crippen LogP contribution in [0.5, 0.6) is 5.75 Å². The number of aromatic amines is 1. The maximum Gasteiger partial charge on any atom is 0.326 e. The minimum atomic E-state index is -1.46. The number of phenolic OH excluding ortho intramolecular Hbond substituents is 1. The van der Waals surface area contributed by atoms with E-state index in [1.54, 1.807) is 13.8 Å². The second kappa shape index (κ2) is 20.4. The Morgan fingerprint density at radius 2 is 1.35 bits per heavy atom. The molecule has 18 nitrogen and oxygen atoms in total. The molecule has 0 spiro atoms. The van der Waals surface area contributed by atoms with Gasteiger partial charge < -0.3 is 52.6 Å². The predicted molar refractivity (Wildman–Crippen MR) is 186 cm³/mol. The van der Waals surface area contributed by atoms with Crippen molar-refractivity contribution in [1.29, 1.82) is 0 Å².